The molecule has 21 heavy (non-hydrogen) atoms. The van der Waals surface area contributed by atoms with Gasteiger partial charge in [-0.3, -0.25) is 9.69 Å². The molecule has 0 radical (unpaired) electrons. The van der Waals surface area contributed by atoms with Crippen LogP contribution in [0.1, 0.15) is 21.5 Å². The third-order valence-corrected chi connectivity index (χ3v) is 4.73. The van der Waals surface area contributed by atoms with Crippen LogP contribution in [0, 0.1) is 0 Å². The van der Waals surface area contributed by atoms with Crippen molar-refractivity contribution in [2.24, 2.45) is 0 Å². The summed E-state index contributed by atoms with van der Waals surface area (Å²) in [4.78, 5) is 15.8. The van der Waals surface area contributed by atoms with E-state index in [1.54, 1.807) is 11.8 Å². The van der Waals surface area contributed by atoms with E-state index in [4.69, 9.17) is 0 Å². The maximum absolute atomic E-state index is 12.4. The van der Waals surface area contributed by atoms with Gasteiger partial charge in [0.15, 0.2) is 5.78 Å². The number of rotatable bonds is 4. The van der Waals surface area contributed by atoms with Gasteiger partial charge in [-0.2, -0.15) is 0 Å². The number of fused-ring (bicyclic) bond motifs is 1. The van der Waals surface area contributed by atoms with Gasteiger partial charge in [-0.1, -0.05) is 36.4 Å². The standard InChI is InChI=1S/C18H19NOS/c1-21-17-8-6-15(7-9-17)18(20)13-19-11-10-14-4-2-3-5-16(14)12-19/h2-9H,10-13H2,1H3. The fourth-order valence-electron chi connectivity index (χ4n) is 2.76. The molecule has 0 fully saturated rings. The first-order chi connectivity index (χ1) is 10.3. The Morgan fingerprint density at radius 3 is 2.52 bits per heavy atom. The molecular formula is C18H19NOS. The number of benzene rings is 2. The van der Waals surface area contributed by atoms with E-state index in [1.165, 1.54) is 16.0 Å². The van der Waals surface area contributed by atoms with Gasteiger partial charge in [0.05, 0.1) is 6.54 Å². The zero-order chi connectivity index (χ0) is 14.7. The van der Waals surface area contributed by atoms with E-state index >= 15 is 0 Å². The van der Waals surface area contributed by atoms with E-state index in [0.717, 1.165) is 25.1 Å². The Bertz CT molecular complexity index is 636. The van der Waals surface area contributed by atoms with Crippen LogP contribution < -0.4 is 0 Å². The highest BCUT2D eigenvalue weighted by Gasteiger charge is 2.18. The fraction of sp³-hybridized carbons (Fsp3) is 0.278. The molecule has 0 saturated heterocycles. The van der Waals surface area contributed by atoms with Gasteiger partial charge < -0.3 is 0 Å². The van der Waals surface area contributed by atoms with Crippen LogP contribution in [0.2, 0.25) is 0 Å². The Hall–Kier alpha value is -1.58. The Morgan fingerprint density at radius 2 is 1.81 bits per heavy atom. The molecule has 3 rings (SSSR count). The van der Waals surface area contributed by atoms with Crippen LogP contribution in [0.25, 0.3) is 0 Å². The van der Waals surface area contributed by atoms with Gasteiger partial charge in [0.25, 0.3) is 0 Å². The van der Waals surface area contributed by atoms with Crippen LogP contribution >= 0.6 is 11.8 Å². The molecule has 2 aromatic carbocycles. The summed E-state index contributed by atoms with van der Waals surface area (Å²) in [5.41, 5.74) is 3.59. The number of carbonyl (C=O) groups is 1. The van der Waals surface area contributed by atoms with Gasteiger partial charge in [0, 0.05) is 23.5 Å². The zero-order valence-corrected chi connectivity index (χ0v) is 13.0. The largest absolute Gasteiger partial charge is 0.293 e. The highest BCUT2D eigenvalue weighted by atomic mass is 32.2. The van der Waals surface area contributed by atoms with E-state index in [0.29, 0.717) is 6.54 Å². The van der Waals surface area contributed by atoms with Gasteiger partial charge in [-0.15, -0.1) is 11.8 Å². The summed E-state index contributed by atoms with van der Waals surface area (Å²) in [6.07, 6.45) is 3.08. The minimum absolute atomic E-state index is 0.210. The summed E-state index contributed by atoms with van der Waals surface area (Å²) in [7, 11) is 0. The summed E-state index contributed by atoms with van der Waals surface area (Å²) < 4.78 is 0. The van der Waals surface area contributed by atoms with Gasteiger partial charge in [0.1, 0.15) is 0 Å². The lowest BCUT2D eigenvalue weighted by atomic mass is 9.99. The molecule has 0 atom stereocenters. The van der Waals surface area contributed by atoms with E-state index < -0.39 is 0 Å². The van der Waals surface area contributed by atoms with Crippen LogP contribution in [0.3, 0.4) is 0 Å². The molecule has 108 valence electrons. The molecule has 0 bridgehead atoms. The van der Waals surface area contributed by atoms with Gasteiger partial charge in [0.2, 0.25) is 0 Å². The van der Waals surface area contributed by atoms with Crippen molar-refractivity contribution < 1.29 is 4.79 Å². The molecule has 1 heterocycles. The maximum atomic E-state index is 12.4. The molecule has 1 aliphatic rings. The molecule has 2 aromatic rings. The highest BCUT2D eigenvalue weighted by Crippen LogP contribution is 2.19. The minimum atomic E-state index is 0.210. The van der Waals surface area contributed by atoms with Crippen molar-refractivity contribution in [1.82, 2.24) is 4.90 Å². The summed E-state index contributed by atoms with van der Waals surface area (Å²) in [6.45, 7) is 2.35. The van der Waals surface area contributed by atoms with Gasteiger partial charge in [-0.25, -0.2) is 0 Å². The van der Waals surface area contributed by atoms with Crippen LogP contribution in [-0.2, 0) is 13.0 Å². The second kappa shape index (κ2) is 6.46. The lowest BCUT2D eigenvalue weighted by molar-refractivity contribution is 0.0921. The number of hydrogen-bond donors (Lipinski definition) is 0. The second-order valence-electron chi connectivity index (χ2n) is 5.38. The Kier molecular flexibility index (Phi) is 4.42. The molecule has 0 amide bonds. The number of ketones is 1. The van der Waals surface area contributed by atoms with E-state index in [9.17, 15) is 4.79 Å². The first-order valence-corrected chi connectivity index (χ1v) is 8.45. The summed E-state index contributed by atoms with van der Waals surface area (Å²) in [5.74, 6) is 0.210. The van der Waals surface area contributed by atoms with E-state index in [2.05, 4.69) is 29.2 Å². The van der Waals surface area contributed by atoms with Crippen LogP contribution in [0.15, 0.2) is 53.4 Å². The maximum Gasteiger partial charge on any atom is 0.176 e. The second-order valence-corrected chi connectivity index (χ2v) is 6.26. The molecule has 3 heteroatoms. The first-order valence-electron chi connectivity index (χ1n) is 7.22. The number of hydrogen-bond acceptors (Lipinski definition) is 3. The molecule has 0 spiro atoms. The molecule has 2 nitrogen and oxygen atoms in total. The predicted octanol–water partition coefficient (Wildman–Crippen LogP) is 3.65. The number of Topliss-reactive ketones (excluding diaryl/α,β-unsaturated/α-hetero) is 1. The zero-order valence-electron chi connectivity index (χ0n) is 12.2. The first kappa shape index (κ1) is 14.4. The quantitative estimate of drug-likeness (QED) is 0.634. The monoisotopic (exact) mass is 297 g/mol. The van der Waals surface area contributed by atoms with Crippen molar-refractivity contribution in [2.45, 2.75) is 17.9 Å². The molecule has 0 saturated carbocycles. The van der Waals surface area contributed by atoms with Gasteiger partial charge in [-0.05, 0) is 35.9 Å². The highest BCUT2D eigenvalue weighted by molar-refractivity contribution is 7.98. The van der Waals surface area contributed by atoms with Crippen molar-refractivity contribution in [1.29, 1.82) is 0 Å². The van der Waals surface area contributed by atoms with Crippen LogP contribution in [-0.4, -0.2) is 30.0 Å². The van der Waals surface area contributed by atoms with Crippen molar-refractivity contribution in [3.63, 3.8) is 0 Å². The minimum Gasteiger partial charge on any atom is -0.293 e. The van der Waals surface area contributed by atoms with Crippen molar-refractivity contribution in [3.05, 3.63) is 65.2 Å². The topological polar surface area (TPSA) is 20.3 Å². The smallest absolute Gasteiger partial charge is 0.176 e. The number of nitrogens with zero attached hydrogens (tertiary/aromatic N) is 1. The van der Waals surface area contributed by atoms with Crippen LogP contribution in [0.5, 0.6) is 0 Å². The van der Waals surface area contributed by atoms with Crippen LogP contribution in [0.4, 0.5) is 0 Å². The third kappa shape index (κ3) is 3.36. The van der Waals surface area contributed by atoms with Crippen molar-refractivity contribution in [3.8, 4) is 0 Å². The lowest BCUT2D eigenvalue weighted by Crippen LogP contribution is -2.34. The number of thioether (sulfide) groups is 1. The van der Waals surface area contributed by atoms with E-state index in [1.807, 2.05) is 30.5 Å². The summed E-state index contributed by atoms with van der Waals surface area (Å²) in [6, 6.07) is 16.4. The normalized spacial score (nSPS) is 14.7. The van der Waals surface area contributed by atoms with Crippen molar-refractivity contribution in [2.75, 3.05) is 19.3 Å². The molecule has 0 N–H and O–H groups in total. The summed E-state index contributed by atoms with van der Waals surface area (Å²) in [5, 5.41) is 0. The third-order valence-electron chi connectivity index (χ3n) is 3.99. The van der Waals surface area contributed by atoms with Crippen molar-refractivity contribution >= 4 is 17.5 Å². The Morgan fingerprint density at radius 1 is 1.10 bits per heavy atom. The predicted molar refractivity (Wildman–Crippen MR) is 88.0 cm³/mol. The number of carbonyl (C=O) groups excluding carboxylic acids is 1. The molecular weight excluding hydrogens is 278 g/mol. The fourth-order valence-corrected chi connectivity index (χ4v) is 3.17. The average molecular weight is 297 g/mol. The molecule has 1 aliphatic heterocycles. The Balaban J connectivity index is 1.65. The van der Waals surface area contributed by atoms with E-state index in [-0.39, 0.29) is 5.78 Å². The Labute approximate surface area is 130 Å². The SMILES string of the molecule is CSc1ccc(C(=O)CN2CCc3ccccc3C2)cc1. The molecule has 0 aliphatic carbocycles. The molecule has 0 unspecified atom stereocenters. The molecule has 0 aromatic heterocycles. The lowest BCUT2D eigenvalue weighted by Gasteiger charge is -2.28. The van der Waals surface area contributed by atoms with Gasteiger partial charge >= 0.3 is 0 Å². The average Bonchev–Trinajstić information content (AvgIpc) is 2.55. The summed E-state index contributed by atoms with van der Waals surface area (Å²) >= 11 is 1.70.